The second-order valence-corrected chi connectivity index (χ2v) is 9.68. The summed E-state index contributed by atoms with van der Waals surface area (Å²) in [5, 5.41) is 0. The van der Waals surface area contributed by atoms with Crippen molar-refractivity contribution in [2.45, 2.75) is 23.6 Å². The third-order valence-corrected chi connectivity index (χ3v) is 6.99. The lowest BCUT2D eigenvalue weighted by atomic mass is 10.1. The lowest BCUT2D eigenvalue weighted by molar-refractivity contribution is 0.599. The van der Waals surface area contributed by atoms with Gasteiger partial charge in [0, 0.05) is 0 Å². The first-order valence-corrected chi connectivity index (χ1v) is 11.4. The Morgan fingerprint density at radius 3 is 1.21 bits per heavy atom. The quantitative estimate of drug-likeness (QED) is 0.637. The van der Waals surface area contributed by atoms with Crippen LogP contribution in [0.2, 0.25) is 0 Å². The molecule has 6 nitrogen and oxygen atoms in total. The van der Waals surface area contributed by atoms with Crippen LogP contribution in [-0.2, 0) is 20.0 Å². The zero-order valence-electron chi connectivity index (χ0n) is 15.4. The van der Waals surface area contributed by atoms with E-state index >= 15 is 0 Å². The molecule has 8 heteroatoms. The highest BCUT2D eigenvalue weighted by molar-refractivity contribution is 7.93. The molecular weight excluding hydrogens is 396 g/mol. The van der Waals surface area contributed by atoms with Crippen molar-refractivity contribution in [1.82, 2.24) is 0 Å². The highest BCUT2D eigenvalue weighted by Gasteiger charge is 2.20. The Morgan fingerprint density at radius 2 is 0.893 bits per heavy atom. The summed E-state index contributed by atoms with van der Waals surface area (Å²) in [5.41, 5.74) is 1.97. The minimum absolute atomic E-state index is 0.0881. The van der Waals surface area contributed by atoms with E-state index in [0.29, 0.717) is 0 Å². The first-order chi connectivity index (χ1) is 13.2. The minimum Gasteiger partial charge on any atom is -0.277 e. The summed E-state index contributed by atoms with van der Waals surface area (Å²) in [6, 6.07) is 19.0. The van der Waals surface area contributed by atoms with Gasteiger partial charge < -0.3 is 0 Å². The third kappa shape index (κ3) is 4.35. The van der Waals surface area contributed by atoms with Gasteiger partial charge in [-0.15, -0.1) is 0 Å². The second-order valence-electron chi connectivity index (χ2n) is 6.32. The zero-order valence-corrected chi connectivity index (χ0v) is 17.0. The molecule has 0 heterocycles. The molecule has 0 unspecified atom stereocenters. The summed E-state index contributed by atoms with van der Waals surface area (Å²) in [4.78, 5) is 0.176. The second kappa shape index (κ2) is 7.65. The third-order valence-electron chi connectivity index (χ3n) is 4.23. The van der Waals surface area contributed by atoms with Gasteiger partial charge in [0.25, 0.3) is 20.0 Å². The summed E-state index contributed by atoms with van der Waals surface area (Å²) in [6.45, 7) is 3.65. The van der Waals surface area contributed by atoms with Crippen LogP contribution in [0.15, 0.2) is 82.6 Å². The summed E-state index contributed by atoms with van der Waals surface area (Å²) in [7, 11) is -7.74. The number of rotatable bonds is 6. The van der Waals surface area contributed by atoms with Crippen molar-refractivity contribution >= 4 is 31.4 Å². The van der Waals surface area contributed by atoms with Gasteiger partial charge in [-0.3, -0.25) is 9.44 Å². The molecule has 28 heavy (non-hydrogen) atoms. The molecule has 0 saturated carbocycles. The van der Waals surface area contributed by atoms with Gasteiger partial charge in [-0.05, 0) is 61.4 Å². The summed E-state index contributed by atoms with van der Waals surface area (Å²) in [5.74, 6) is 0. The molecule has 0 aliphatic heterocycles. The van der Waals surface area contributed by atoms with Gasteiger partial charge >= 0.3 is 0 Å². The summed E-state index contributed by atoms with van der Waals surface area (Å²) >= 11 is 0. The Balaban J connectivity index is 2.02. The van der Waals surface area contributed by atoms with E-state index in [1.807, 2.05) is 13.8 Å². The predicted molar refractivity (Wildman–Crippen MR) is 110 cm³/mol. The average Bonchev–Trinajstić information content (AvgIpc) is 2.67. The van der Waals surface area contributed by atoms with E-state index in [2.05, 4.69) is 9.44 Å². The molecule has 3 aromatic rings. The molecule has 146 valence electrons. The van der Waals surface area contributed by atoms with Gasteiger partial charge in [0.15, 0.2) is 0 Å². The van der Waals surface area contributed by atoms with Gasteiger partial charge in [-0.1, -0.05) is 36.4 Å². The molecule has 0 amide bonds. The Labute approximate surface area is 165 Å². The van der Waals surface area contributed by atoms with Crippen molar-refractivity contribution in [3.05, 3.63) is 83.9 Å². The van der Waals surface area contributed by atoms with Crippen LogP contribution in [0.1, 0.15) is 11.1 Å². The van der Waals surface area contributed by atoms with Crippen LogP contribution >= 0.6 is 0 Å². The molecular formula is C20H20N2O4S2. The molecule has 0 aliphatic carbocycles. The average molecular weight is 417 g/mol. The molecule has 3 rings (SSSR count). The van der Waals surface area contributed by atoms with Gasteiger partial charge in [0.2, 0.25) is 0 Å². The standard InChI is InChI=1S/C20H20N2O4S2/c1-15-13-19(21-27(23,24)17-9-5-3-6-10-17)20(14-16(15)2)22-28(25,26)18-11-7-4-8-12-18/h3-14,21-22H,1-2H3. The summed E-state index contributed by atoms with van der Waals surface area (Å²) in [6.07, 6.45) is 0. The topological polar surface area (TPSA) is 92.3 Å². The molecule has 0 aromatic heterocycles. The predicted octanol–water partition coefficient (Wildman–Crippen LogP) is 3.91. The van der Waals surface area contributed by atoms with E-state index in [-0.39, 0.29) is 21.2 Å². The van der Waals surface area contributed by atoms with Crippen molar-refractivity contribution < 1.29 is 16.8 Å². The van der Waals surface area contributed by atoms with Gasteiger partial charge in [0.05, 0.1) is 21.2 Å². The highest BCUT2D eigenvalue weighted by Crippen LogP contribution is 2.30. The Bertz CT molecular complexity index is 1100. The largest absolute Gasteiger partial charge is 0.277 e. The lowest BCUT2D eigenvalue weighted by Crippen LogP contribution is -2.18. The van der Waals surface area contributed by atoms with Crippen molar-refractivity contribution in [3.8, 4) is 0 Å². The van der Waals surface area contributed by atoms with E-state index in [1.165, 1.54) is 24.3 Å². The number of nitrogens with one attached hydrogen (secondary N) is 2. The van der Waals surface area contributed by atoms with E-state index in [9.17, 15) is 16.8 Å². The molecule has 0 saturated heterocycles. The smallest absolute Gasteiger partial charge is 0.261 e. The number of anilines is 2. The molecule has 0 aliphatic rings. The van der Waals surface area contributed by atoms with Crippen LogP contribution < -0.4 is 9.44 Å². The maximum Gasteiger partial charge on any atom is 0.261 e. The molecule has 2 N–H and O–H groups in total. The van der Waals surface area contributed by atoms with Gasteiger partial charge in [-0.2, -0.15) is 0 Å². The van der Waals surface area contributed by atoms with Crippen LogP contribution in [0.5, 0.6) is 0 Å². The van der Waals surface area contributed by atoms with Crippen molar-refractivity contribution in [3.63, 3.8) is 0 Å². The number of hydrogen-bond acceptors (Lipinski definition) is 4. The lowest BCUT2D eigenvalue weighted by Gasteiger charge is -2.17. The van der Waals surface area contributed by atoms with E-state index in [1.54, 1.807) is 48.5 Å². The maximum absolute atomic E-state index is 12.7. The number of sulfonamides is 2. The van der Waals surface area contributed by atoms with E-state index in [0.717, 1.165) is 11.1 Å². The van der Waals surface area contributed by atoms with Crippen molar-refractivity contribution in [2.75, 3.05) is 9.44 Å². The first kappa shape index (κ1) is 19.9. The summed E-state index contributed by atoms with van der Waals surface area (Å²) < 4.78 is 55.8. The maximum atomic E-state index is 12.7. The fraction of sp³-hybridized carbons (Fsp3) is 0.100. The number of benzene rings is 3. The Morgan fingerprint density at radius 1 is 0.571 bits per heavy atom. The first-order valence-electron chi connectivity index (χ1n) is 8.46. The molecule has 0 bridgehead atoms. The molecule has 0 fully saturated rings. The van der Waals surface area contributed by atoms with Crippen LogP contribution in [0.25, 0.3) is 0 Å². The number of aryl methyl sites for hydroxylation is 2. The van der Waals surface area contributed by atoms with Crippen LogP contribution in [0.4, 0.5) is 11.4 Å². The molecule has 0 spiro atoms. The van der Waals surface area contributed by atoms with Crippen LogP contribution in [0.3, 0.4) is 0 Å². The van der Waals surface area contributed by atoms with Gasteiger partial charge in [-0.25, -0.2) is 16.8 Å². The zero-order chi connectivity index (χ0) is 20.4. The Hall–Kier alpha value is -2.84. The van der Waals surface area contributed by atoms with E-state index < -0.39 is 20.0 Å². The van der Waals surface area contributed by atoms with Crippen LogP contribution in [-0.4, -0.2) is 16.8 Å². The molecule has 0 radical (unpaired) electrons. The monoisotopic (exact) mass is 416 g/mol. The number of hydrogen-bond donors (Lipinski definition) is 2. The normalized spacial score (nSPS) is 11.8. The Kier molecular flexibility index (Phi) is 5.44. The molecule has 3 aromatic carbocycles. The SMILES string of the molecule is Cc1cc(NS(=O)(=O)c2ccccc2)c(NS(=O)(=O)c2ccccc2)cc1C. The minimum atomic E-state index is -3.87. The fourth-order valence-corrected chi connectivity index (χ4v) is 4.78. The fourth-order valence-electron chi connectivity index (χ4n) is 2.59. The highest BCUT2D eigenvalue weighted by atomic mass is 32.2. The van der Waals surface area contributed by atoms with Crippen molar-refractivity contribution in [1.29, 1.82) is 0 Å². The molecule has 0 atom stereocenters. The van der Waals surface area contributed by atoms with Gasteiger partial charge in [0.1, 0.15) is 0 Å². The van der Waals surface area contributed by atoms with E-state index in [4.69, 9.17) is 0 Å². The van der Waals surface area contributed by atoms with Crippen LogP contribution in [0, 0.1) is 13.8 Å². The van der Waals surface area contributed by atoms with Crippen molar-refractivity contribution in [2.24, 2.45) is 0 Å².